The molecule has 0 rings (SSSR count). The van der Waals surface area contributed by atoms with Gasteiger partial charge in [0.05, 0.1) is 0 Å². The van der Waals surface area contributed by atoms with Crippen molar-refractivity contribution in [2.24, 2.45) is 0 Å². The molecule has 0 heterocycles. The summed E-state index contributed by atoms with van der Waals surface area (Å²) in [5.74, 6) is 0. The van der Waals surface area contributed by atoms with Gasteiger partial charge in [0.15, 0.2) is 0 Å². The molecule has 1 nitrogen and oxygen atoms in total. The van der Waals surface area contributed by atoms with Gasteiger partial charge in [-0.15, -0.1) is 0 Å². The number of rotatable bonds is 0. The summed E-state index contributed by atoms with van der Waals surface area (Å²) in [4.78, 5) is 0. The Kier molecular flexibility index (Phi) is 18.5. The molecule has 7 heavy (non-hydrogen) atoms. The monoisotopic (exact) mass is 316 g/mol. The van der Waals surface area contributed by atoms with Crippen molar-refractivity contribution < 1.29 is 32.5 Å². The second kappa shape index (κ2) is 11.0. The Labute approximate surface area is 64.1 Å². The first kappa shape index (κ1) is 11.8. The normalized spacial score (nSPS) is 9.00. The second-order valence-corrected chi connectivity index (χ2v) is 8.94. The molecule has 0 saturated carbocycles. The predicted octanol–water partition coefficient (Wildman–Crippen LogP) is 2.07. The van der Waals surface area contributed by atoms with Crippen LogP contribution in [0.25, 0.3) is 0 Å². The molecule has 0 saturated heterocycles. The summed E-state index contributed by atoms with van der Waals surface area (Å²) in [6, 6.07) is 0. The molecule has 0 aromatic carbocycles. The Bertz CT molecular complexity index is 24.1. The van der Waals surface area contributed by atoms with Crippen LogP contribution in [-0.2, 0) is 0 Å². The standard InChI is InChI=1S/C2H6O.3ClH.Ho/c1-2-3;;;;/h3H,2H2,1H3;3*1H;/q;;;;+3/p-3. The van der Waals surface area contributed by atoms with Crippen LogP contribution in [0.5, 0.6) is 0 Å². The van der Waals surface area contributed by atoms with Crippen LogP contribution < -0.4 is 0 Å². The summed E-state index contributed by atoms with van der Waals surface area (Å²) in [7, 11) is 0. The third-order valence-electron chi connectivity index (χ3n) is 0. The number of halogens is 3. The van der Waals surface area contributed by atoms with Crippen molar-refractivity contribution in [1.82, 2.24) is 0 Å². The van der Waals surface area contributed by atoms with Crippen molar-refractivity contribution in [1.29, 1.82) is 0 Å². The van der Waals surface area contributed by atoms with E-state index in [2.05, 4.69) is 0 Å². The van der Waals surface area contributed by atoms with E-state index in [1.165, 1.54) is 0 Å². The van der Waals surface area contributed by atoms with E-state index in [4.69, 9.17) is 24.3 Å². The Balaban J connectivity index is 0. The summed E-state index contributed by atoms with van der Waals surface area (Å²) < 4.78 is 0. The average Bonchev–Trinajstić information content (AvgIpc) is 1.33. The summed E-state index contributed by atoms with van der Waals surface area (Å²) in [5.41, 5.74) is 0. The van der Waals surface area contributed by atoms with Gasteiger partial charge in [0.25, 0.3) is 0 Å². The summed E-state index contributed by atoms with van der Waals surface area (Å²) >= 11 is -1.79. The first-order valence-electron chi connectivity index (χ1n) is 1.37. The van der Waals surface area contributed by atoms with E-state index in [1.54, 1.807) is 6.92 Å². The van der Waals surface area contributed by atoms with Gasteiger partial charge in [-0.3, -0.25) is 0 Å². The van der Waals surface area contributed by atoms with Crippen molar-refractivity contribution >= 4 is 19.2 Å². The molecule has 0 bridgehead atoms. The molecule has 1 N–H and O–H groups in total. The molecule has 0 aromatic rings. The van der Waals surface area contributed by atoms with Crippen LogP contribution in [0, 0.1) is 27.4 Å². The van der Waals surface area contributed by atoms with Crippen molar-refractivity contribution in [3.05, 3.63) is 0 Å². The van der Waals surface area contributed by atoms with E-state index in [0.717, 1.165) is 0 Å². The van der Waals surface area contributed by atoms with Gasteiger partial charge in [-0.25, -0.2) is 0 Å². The van der Waals surface area contributed by atoms with E-state index < -0.39 is 27.4 Å². The van der Waals surface area contributed by atoms with Crippen LogP contribution in [0.3, 0.4) is 0 Å². The van der Waals surface area contributed by atoms with Crippen LogP contribution in [-0.4, -0.2) is 11.7 Å². The molecule has 0 radical (unpaired) electrons. The van der Waals surface area contributed by atoms with E-state index in [9.17, 15) is 0 Å². The summed E-state index contributed by atoms with van der Waals surface area (Å²) in [5, 5.41) is 7.57. The van der Waals surface area contributed by atoms with Gasteiger partial charge in [-0.1, -0.05) is 0 Å². The van der Waals surface area contributed by atoms with Crippen LogP contribution in [0.4, 0.5) is 0 Å². The molecule has 0 unspecified atom stereocenters. The molecule has 0 aliphatic carbocycles. The summed E-state index contributed by atoms with van der Waals surface area (Å²) in [6.07, 6.45) is 14.9. The third-order valence-corrected chi connectivity index (χ3v) is 0. The van der Waals surface area contributed by atoms with Crippen LogP contribution in [0.15, 0.2) is 0 Å². The van der Waals surface area contributed by atoms with Crippen molar-refractivity contribution in [3.8, 4) is 0 Å². The molecular weight excluding hydrogens is 311 g/mol. The predicted molar refractivity (Wildman–Crippen MR) is 30.3 cm³/mol. The number of aliphatic hydroxyl groups is 1. The molecular formula is C2H6Cl3HoO. The van der Waals surface area contributed by atoms with Crippen molar-refractivity contribution in [2.75, 3.05) is 6.61 Å². The fourth-order valence-electron chi connectivity index (χ4n) is 0. The van der Waals surface area contributed by atoms with Gasteiger partial charge in [-0.2, -0.15) is 0 Å². The molecule has 0 aliphatic heterocycles. The Morgan fingerprint density at radius 3 is 1.43 bits per heavy atom. The zero-order valence-electron chi connectivity index (χ0n) is 3.59. The number of aliphatic hydroxyl groups excluding tert-OH is 1. The number of hydrogen-bond acceptors (Lipinski definition) is 1. The molecule has 0 aliphatic rings. The van der Waals surface area contributed by atoms with Crippen LogP contribution in [0.2, 0.25) is 0 Å². The average molecular weight is 317 g/mol. The minimum atomic E-state index is -1.79. The van der Waals surface area contributed by atoms with Gasteiger partial charge in [0.1, 0.15) is 0 Å². The van der Waals surface area contributed by atoms with E-state index in [0.29, 0.717) is 0 Å². The topological polar surface area (TPSA) is 20.2 Å². The first-order valence-corrected chi connectivity index (χ1v) is 8.63. The first-order chi connectivity index (χ1) is 3.15. The Hall–Kier alpha value is 2.09. The molecule has 0 aromatic heterocycles. The maximum atomic E-state index is 7.57. The third kappa shape index (κ3) is 68.7. The molecule has 52 valence electrons. The zero-order chi connectivity index (χ0) is 6.28. The van der Waals surface area contributed by atoms with Gasteiger partial charge in [0.2, 0.25) is 0 Å². The maximum absolute atomic E-state index is 7.57. The van der Waals surface area contributed by atoms with Gasteiger partial charge >= 0.3 is 46.6 Å². The van der Waals surface area contributed by atoms with E-state index in [-0.39, 0.29) is 6.61 Å². The van der Waals surface area contributed by atoms with Gasteiger partial charge in [0, 0.05) is 6.61 Å². The molecule has 5 heteroatoms. The van der Waals surface area contributed by atoms with Gasteiger partial charge in [-0.05, 0) is 6.92 Å². The van der Waals surface area contributed by atoms with Gasteiger partial charge < -0.3 is 5.11 Å². The molecule has 0 spiro atoms. The van der Waals surface area contributed by atoms with E-state index >= 15 is 0 Å². The fourth-order valence-corrected chi connectivity index (χ4v) is 0. The SMILES string of the molecule is CCO.[Cl][Ho]([Cl])[Cl]. The number of hydrogen-bond donors (Lipinski definition) is 1. The molecule has 0 amide bonds. The fraction of sp³-hybridized carbons (Fsp3) is 1.00. The minimum absolute atomic E-state index is 0.250. The quantitative estimate of drug-likeness (QED) is 0.678. The molecule has 0 fully saturated rings. The Morgan fingerprint density at radius 1 is 1.43 bits per heavy atom. The van der Waals surface area contributed by atoms with Crippen LogP contribution in [0.1, 0.15) is 6.92 Å². The molecule has 0 atom stereocenters. The van der Waals surface area contributed by atoms with E-state index in [1.807, 2.05) is 0 Å². The van der Waals surface area contributed by atoms with Crippen LogP contribution >= 0.6 is 19.2 Å². The Morgan fingerprint density at radius 2 is 1.43 bits per heavy atom. The zero-order valence-corrected chi connectivity index (χ0v) is 7.79. The van der Waals surface area contributed by atoms with Crippen molar-refractivity contribution in [3.63, 3.8) is 0 Å². The summed E-state index contributed by atoms with van der Waals surface area (Å²) in [6.45, 7) is 1.93. The second-order valence-electron chi connectivity index (χ2n) is 0.445. The van der Waals surface area contributed by atoms with Crippen molar-refractivity contribution in [2.45, 2.75) is 6.92 Å².